The van der Waals surface area contributed by atoms with Gasteiger partial charge in [0.05, 0.1) is 5.75 Å². The second kappa shape index (κ2) is 7.33. The van der Waals surface area contributed by atoms with E-state index in [2.05, 4.69) is 5.32 Å². The molecule has 0 aliphatic rings. The maximum atomic E-state index is 11.9. The molecule has 0 spiro atoms. The van der Waals surface area contributed by atoms with Crippen LogP contribution in [-0.4, -0.2) is 28.3 Å². The third-order valence-corrected chi connectivity index (χ3v) is 4.04. The standard InChI is InChI=1S/C15H21NO3S/c1-4-9-15(3,14(18)19)16-13(17)10-20-12-7-5-11(2)6-8-12/h5-8H,4,9-10H2,1-3H3,(H,16,17)(H,18,19). The fourth-order valence-corrected chi connectivity index (χ4v) is 2.55. The average molecular weight is 295 g/mol. The molecular weight excluding hydrogens is 274 g/mol. The molecule has 0 bridgehead atoms. The van der Waals surface area contributed by atoms with Gasteiger partial charge < -0.3 is 10.4 Å². The van der Waals surface area contributed by atoms with Gasteiger partial charge in [-0.2, -0.15) is 0 Å². The van der Waals surface area contributed by atoms with Gasteiger partial charge in [0.25, 0.3) is 0 Å². The van der Waals surface area contributed by atoms with E-state index in [-0.39, 0.29) is 11.7 Å². The molecule has 20 heavy (non-hydrogen) atoms. The van der Waals surface area contributed by atoms with Crippen LogP contribution < -0.4 is 5.32 Å². The van der Waals surface area contributed by atoms with Crippen LogP contribution in [0, 0.1) is 6.92 Å². The molecule has 0 saturated carbocycles. The molecule has 1 atom stereocenters. The highest BCUT2D eigenvalue weighted by Gasteiger charge is 2.33. The summed E-state index contributed by atoms with van der Waals surface area (Å²) in [6.45, 7) is 5.45. The molecule has 0 radical (unpaired) electrons. The molecule has 1 unspecified atom stereocenters. The number of hydrogen-bond acceptors (Lipinski definition) is 3. The molecule has 0 aliphatic heterocycles. The van der Waals surface area contributed by atoms with E-state index in [1.165, 1.54) is 17.3 Å². The summed E-state index contributed by atoms with van der Waals surface area (Å²) >= 11 is 1.40. The second-order valence-corrected chi connectivity index (χ2v) is 6.09. The average Bonchev–Trinajstić information content (AvgIpc) is 2.38. The number of aryl methyl sites for hydroxylation is 1. The molecule has 4 nitrogen and oxygen atoms in total. The largest absolute Gasteiger partial charge is 0.480 e. The van der Waals surface area contributed by atoms with Crippen molar-refractivity contribution in [1.29, 1.82) is 0 Å². The molecule has 1 rings (SSSR count). The number of amides is 1. The molecular formula is C15H21NO3S. The van der Waals surface area contributed by atoms with Gasteiger partial charge in [0.15, 0.2) is 0 Å². The summed E-state index contributed by atoms with van der Waals surface area (Å²) < 4.78 is 0. The normalized spacial score (nSPS) is 13.6. The summed E-state index contributed by atoms with van der Waals surface area (Å²) in [7, 11) is 0. The molecule has 0 fully saturated rings. The van der Waals surface area contributed by atoms with Gasteiger partial charge in [0.2, 0.25) is 5.91 Å². The molecule has 2 N–H and O–H groups in total. The summed E-state index contributed by atoms with van der Waals surface area (Å²) in [5.74, 6) is -1.03. The van der Waals surface area contributed by atoms with Crippen LogP contribution >= 0.6 is 11.8 Å². The van der Waals surface area contributed by atoms with Crippen molar-refractivity contribution in [3.63, 3.8) is 0 Å². The van der Waals surface area contributed by atoms with Crippen molar-refractivity contribution in [3.05, 3.63) is 29.8 Å². The molecule has 0 saturated heterocycles. The lowest BCUT2D eigenvalue weighted by Crippen LogP contribution is -2.52. The minimum absolute atomic E-state index is 0.218. The molecule has 0 aliphatic carbocycles. The van der Waals surface area contributed by atoms with E-state index in [9.17, 15) is 14.7 Å². The number of nitrogens with one attached hydrogen (secondary N) is 1. The molecule has 110 valence electrons. The summed E-state index contributed by atoms with van der Waals surface area (Å²) in [5, 5.41) is 11.8. The Morgan fingerprint density at radius 1 is 1.30 bits per heavy atom. The number of carbonyl (C=O) groups is 2. The first-order valence-electron chi connectivity index (χ1n) is 6.61. The van der Waals surface area contributed by atoms with Crippen molar-refractivity contribution >= 4 is 23.6 Å². The van der Waals surface area contributed by atoms with Crippen LogP contribution in [0.15, 0.2) is 29.2 Å². The highest BCUT2D eigenvalue weighted by molar-refractivity contribution is 8.00. The molecule has 0 aromatic heterocycles. The Labute approximate surface area is 124 Å². The van der Waals surface area contributed by atoms with Crippen LogP contribution in [0.25, 0.3) is 0 Å². The fraction of sp³-hybridized carbons (Fsp3) is 0.467. The van der Waals surface area contributed by atoms with Crippen molar-refractivity contribution in [3.8, 4) is 0 Å². The molecule has 5 heteroatoms. The summed E-state index contributed by atoms with van der Waals surface area (Å²) in [4.78, 5) is 24.1. The summed E-state index contributed by atoms with van der Waals surface area (Å²) in [6.07, 6.45) is 1.12. The summed E-state index contributed by atoms with van der Waals surface area (Å²) in [5.41, 5.74) is -0.0140. The Morgan fingerprint density at radius 2 is 1.90 bits per heavy atom. The first-order chi connectivity index (χ1) is 9.37. The highest BCUT2D eigenvalue weighted by Crippen LogP contribution is 2.19. The number of carboxylic acid groups (broad SMARTS) is 1. The lowest BCUT2D eigenvalue weighted by molar-refractivity contribution is -0.146. The molecule has 1 aromatic carbocycles. The minimum atomic E-state index is -1.18. The lowest BCUT2D eigenvalue weighted by atomic mass is 9.96. The summed E-state index contributed by atoms with van der Waals surface area (Å²) in [6, 6.07) is 7.88. The van der Waals surface area contributed by atoms with E-state index in [0.29, 0.717) is 12.8 Å². The first-order valence-corrected chi connectivity index (χ1v) is 7.60. The van der Waals surface area contributed by atoms with Gasteiger partial charge in [0.1, 0.15) is 5.54 Å². The zero-order valence-corrected chi connectivity index (χ0v) is 12.9. The molecule has 1 aromatic rings. The fourth-order valence-electron chi connectivity index (χ4n) is 1.85. The maximum absolute atomic E-state index is 11.9. The van der Waals surface area contributed by atoms with Crippen molar-refractivity contribution < 1.29 is 14.7 Å². The van der Waals surface area contributed by atoms with Crippen LogP contribution in [0.5, 0.6) is 0 Å². The Hall–Kier alpha value is -1.49. The monoisotopic (exact) mass is 295 g/mol. The number of thioether (sulfide) groups is 1. The van der Waals surface area contributed by atoms with E-state index < -0.39 is 11.5 Å². The Bertz CT molecular complexity index is 473. The van der Waals surface area contributed by atoms with Gasteiger partial charge in [-0.1, -0.05) is 31.0 Å². The third kappa shape index (κ3) is 4.89. The first kappa shape index (κ1) is 16.6. The van der Waals surface area contributed by atoms with Crippen molar-refractivity contribution in [2.45, 2.75) is 44.0 Å². The minimum Gasteiger partial charge on any atom is -0.480 e. The van der Waals surface area contributed by atoms with E-state index in [0.717, 1.165) is 4.90 Å². The van der Waals surface area contributed by atoms with E-state index >= 15 is 0 Å². The predicted molar refractivity (Wildman–Crippen MR) is 81.0 cm³/mol. The van der Waals surface area contributed by atoms with Crippen LogP contribution in [0.2, 0.25) is 0 Å². The predicted octanol–water partition coefficient (Wildman–Crippen LogP) is 2.85. The Kier molecular flexibility index (Phi) is 6.07. The van der Waals surface area contributed by atoms with Gasteiger partial charge in [-0.15, -0.1) is 11.8 Å². The van der Waals surface area contributed by atoms with Gasteiger partial charge in [-0.05, 0) is 32.4 Å². The van der Waals surface area contributed by atoms with E-state index in [1.54, 1.807) is 6.92 Å². The van der Waals surface area contributed by atoms with E-state index in [4.69, 9.17) is 0 Å². The van der Waals surface area contributed by atoms with Crippen molar-refractivity contribution in [2.75, 3.05) is 5.75 Å². The second-order valence-electron chi connectivity index (χ2n) is 5.04. The Balaban J connectivity index is 2.54. The van der Waals surface area contributed by atoms with Crippen LogP contribution in [0.1, 0.15) is 32.3 Å². The van der Waals surface area contributed by atoms with Crippen LogP contribution in [-0.2, 0) is 9.59 Å². The highest BCUT2D eigenvalue weighted by atomic mass is 32.2. The number of hydrogen-bond donors (Lipinski definition) is 2. The number of aliphatic carboxylic acids is 1. The molecule has 1 amide bonds. The zero-order chi connectivity index (χ0) is 15.2. The SMILES string of the molecule is CCCC(C)(NC(=O)CSc1ccc(C)cc1)C(=O)O. The smallest absolute Gasteiger partial charge is 0.329 e. The third-order valence-electron chi connectivity index (χ3n) is 3.03. The van der Waals surface area contributed by atoms with Gasteiger partial charge in [-0.25, -0.2) is 4.79 Å². The van der Waals surface area contributed by atoms with Crippen molar-refractivity contribution in [1.82, 2.24) is 5.32 Å². The van der Waals surface area contributed by atoms with Crippen LogP contribution in [0.4, 0.5) is 0 Å². The molecule has 0 heterocycles. The maximum Gasteiger partial charge on any atom is 0.329 e. The zero-order valence-electron chi connectivity index (χ0n) is 12.1. The number of carboxylic acids is 1. The number of carbonyl (C=O) groups excluding carboxylic acids is 1. The van der Waals surface area contributed by atoms with Gasteiger partial charge in [0, 0.05) is 4.90 Å². The van der Waals surface area contributed by atoms with Crippen LogP contribution in [0.3, 0.4) is 0 Å². The van der Waals surface area contributed by atoms with E-state index in [1.807, 2.05) is 38.1 Å². The Morgan fingerprint density at radius 3 is 2.40 bits per heavy atom. The van der Waals surface area contributed by atoms with Gasteiger partial charge >= 0.3 is 5.97 Å². The quantitative estimate of drug-likeness (QED) is 0.759. The van der Waals surface area contributed by atoms with Crippen molar-refractivity contribution in [2.24, 2.45) is 0 Å². The van der Waals surface area contributed by atoms with Gasteiger partial charge in [-0.3, -0.25) is 4.79 Å². The number of rotatable bonds is 7. The number of benzene rings is 1. The topological polar surface area (TPSA) is 66.4 Å². The lowest BCUT2D eigenvalue weighted by Gasteiger charge is -2.25.